The van der Waals surface area contributed by atoms with Gasteiger partial charge in [-0.3, -0.25) is 0 Å². The number of methoxy groups -OCH3 is 1. The van der Waals surface area contributed by atoms with Crippen molar-refractivity contribution >= 4 is 11.9 Å². The zero-order valence-electron chi connectivity index (χ0n) is 15.5. The summed E-state index contributed by atoms with van der Waals surface area (Å²) in [4.78, 5) is 22.5. The number of hydrogen-bond donors (Lipinski definition) is 2. The maximum atomic E-state index is 11.6. The van der Waals surface area contributed by atoms with Gasteiger partial charge in [0.1, 0.15) is 23.0 Å². The second-order valence-corrected chi connectivity index (χ2v) is 7.15. The first kappa shape index (κ1) is 19.8. The summed E-state index contributed by atoms with van der Waals surface area (Å²) in [5.74, 6) is 1.36. The number of aromatic hydroxyl groups is 1. The topological polar surface area (TPSA) is 94.1 Å². The van der Waals surface area contributed by atoms with E-state index in [1.807, 2.05) is 26.7 Å². The molecule has 1 heterocycles. The molecule has 1 aromatic rings. The zero-order chi connectivity index (χ0) is 19.3. The summed E-state index contributed by atoms with van der Waals surface area (Å²) in [5, 5.41) is 13.0. The van der Waals surface area contributed by atoms with Crippen LogP contribution in [0.2, 0.25) is 0 Å². The zero-order valence-corrected chi connectivity index (χ0v) is 15.5. The van der Waals surface area contributed by atoms with E-state index >= 15 is 0 Å². The molecule has 26 heavy (non-hydrogen) atoms. The van der Waals surface area contributed by atoms with E-state index in [-0.39, 0.29) is 17.2 Å². The summed E-state index contributed by atoms with van der Waals surface area (Å²) in [6, 6.07) is 4.36. The van der Waals surface area contributed by atoms with Gasteiger partial charge in [-0.05, 0) is 39.3 Å². The minimum Gasteiger partial charge on any atom is -0.507 e. The molecule has 1 aliphatic rings. The molecule has 0 amide bonds. The van der Waals surface area contributed by atoms with Crippen LogP contribution in [0.1, 0.15) is 44.0 Å². The van der Waals surface area contributed by atoms with Crippen molar-refractivity contribution in [2.75, 3.05) is 13.7 Å². The van der Waals surface area contributed by atoms with Gasteiger partial charge >= 0.3 is 5.97 Å². The van der Waals surface area contributed by atoms with Gasteiger partial charge in [-0.25, -0.2) is 9.59 Å². The lowest BCUT2D eigenvalue weighted by atomic mass is 9.95. The van der Waals surface area contributed by atoms with E-state index in [1.54, 1.807) is 6.07 Å². The predicted octanol–water partition coefficient (Wildman–Crippen LogP) is 2.41. The summed E-state index contributed by atoms with van der Waals surface area (Å²) in [6.45, 7) is 6.38. The fourth-order valence-corrected chi connectivity index (χ4v) is 2.72. The van der Waals surface area contributed by atoms with Crippen LogP contribution in [0.4, 0.5) is 0 Å². The van der Waals surface area contributed by atoms with Crippen LogP contribution in [0.3, 0.4) is 0 Å². The molecular weight excluding hydrogens is 338 g/mol. The molecule has 142 valence electrons. The van der Waals surface area contributed by atoms with Crippen molar-refractivity contribution in [1.29, 1.82) is 0 Å². The first-order valence-corrected chi connectivity index (χ1v) is 8.47. The van der Waals surface area contributed by atoms with E-state index in [2.05, 4.69) is 10.1 Å². The third-order valence-corrected chi connectivity index (χ3v) is 3.92. The smallest absolute Gasteiger partial charge is 0.341 e. The third kappa shape index (κ3) is 5.25. The van der Waals surface area contributed by atoms with Crippen LogP contribution in [0.25, 0.3) is 0 Å². The molecule has 1 fully saturated rings. The number of esters is 1. The van der Waals surface area contributed by atoms with E-state index in [1.165, 1.54) is 19.2 Å². The Kier molecular flexibility index (Phi) is 6.29. The Hall–Kier alpha value is -2.50. The van der Waals surface area contributed by atoms with Crippen molar-refractivity contribution in [3.05, 3.63) is 29.5 Å². The Bertz CT molecular complexity index is 702. The van der Waals surface area contributed by atoms with Crippen LogP contribution in [0.15, 0.2) is 23.9 Å². The van der Waals surface area contributed by atoms with Gasteiger partial charge in [-0.1, -0.05) is 0 Å². The number of piperidine rings is 1. The highest BCUT2D eigenvalue weighted by molar-refractivity contribution is 5.92. The third-order valence-electron chi connectivity index (χ3n) is 3.92. The molecular formula is C19H25NO6. The number of nitrogens with one attached hydrogen (secondary N) is 1. The molecule has 0 bridgehead atoms. The van der Waals surface area contributed by atoms with Gasteiger partial charge in [0.25, 0.3) is 0 Å². The lowest BCUT2D eigenvalue weighted by molar-refractivity contribution is -0.179. The van der Waals surface area contributed by atoms with Crippen molar-refractivity contribution in [3.8, 4) is 11.5 Å². The number of phenolic OH excluding ortho intramolecular Hbond substituents is 1. The summed E-state index contributed by atoms with van der Waals surface area (Å²) in [7, 11) is 1.24. The standard InChI is InChI=1S/C19H25NO6/c1-19(2,3)26-18(12-7-8-20-13(9-12)11-21)25-14-5-6-15(16(22)10-14)17(23)24-4/h5-6,10,12,18,20,22H,7-9H2,1-4H3. The van der Waals surface area contributed by atoms with Gasteiger partial charge < -0.3 is 24.6 Å². The average molecular weight is 363 g/mol. The predicted molar refractivity (Wildman–Crippen MR) is 94.6 cm³/mol. The molecule has 0 saturated carbocycles. The molecule has 2 N–H and O–H groups in total. The minimum atomic E-state index is -0.629. The van der Waals surface area contributed by atoms with Gasteiger partial charge in [0.05, 0.1) is 18.4 Å². The normalized spacial score (nSPS) is 18.5. The Morgan fingerprint density at radius 3 is 2.69 bits per heavy atom. The highest BCUT2D eigenvalue weighted by atomic mass is 16.7. The number of phenols is 1. The van der Waals surface area contributed by atoms with Crippen LogP contribution < -0.4 is 10.1 Å². The van der Waals surface area contributed by atoms with Gasteiger partial charge in [-0.15, -0.1) is 0 Å². The molecule has 7 nitrogen and oxygen atoms in total. The van der Waals surface area contributed by atoms with Crippen LogP contribution in [-0.4, -0.2) is 42.6 Å². The lowest BCUT2D eigenvalue weighted by Gasteiger charge is -2.35. The fourth-order valence-electron chi connectivity index (χ4n) is 2.72. The van der Waals surface area contributed by atoms with Crippen molar-refractivity contribution in [3.63, 3.8) is 0 Å². The lowest BCUT2D eigenvalue weighted by Crippen LogP contribution is -2.41. The van der Waals surface area contributed by atoms with Crippen LogP contribution in [0.5, 0.6) is 11.5 Å². The Morgan fingerprint density at radius 1 is 1.38 bits per heavy atom. The molecule has 7 heteroatoms. The molecule has 0 spiro atoms. The second-order valence-electron chi connectivity index (χ2n) is 7.15. The van der Waals surface area contributed by atoms with E-state index in [9.17, 15) is 14.7 Å². The molecule has 0 aliphatic carbocycles. The second kappa shape index (κ2) is 8.25. The Labute approximate surface area is 152 Å². The van der Waals surface area contributed by atoms with E-state index in [4.69, 9.17) is 9.47 Å². The number of ether oxygens (including phenoxy) is 3. The fraction of sp³-hybridized carbons (Fsp3) is 0.526. The maximum Gasteiger partial charge on any atom is 0.341 e. The van der Waals surface area contributed by atoms with Crippen LogP contribution >= 0.6 is 0 Å². The average Bonchev–Trinajstić information content (AvgIpc) is 2.59. The summed E-state index contributed by atoms with van der Waals surface area (Å²) < 4.78 is 16.6. The summed E-state index contributed by atoms with van der Waals surface area (Å²) in [6.07, 6.45) is 0.609. The van der Waals surface area contributed by atoms with Gasteiger partial charge in [0, 0.05) is 24.9 Å². The molecule has 1 aromatic carbocycles. The Morgan fingerprint density at radius 2 is 2.12 bits per heavy atom. The van der Waals surface area contributed by atoms with Crippen molar-refractivity contribution in [2.24, 2.45) is 5.92 Å². The molecule has 2 atom stereocenters. The quantitative estimate of drug-likeness (QED) is 0.471. The maximum absolute atomic E-state index is 11.6. The number of hydrogen-bond acceptors (Lipinski definition) is 7. The highest BCUT2D eigenvalue weighted by Crippen LogP contribution is 2.31. The van der Waals surface area contributed by atoms with Gasteiger partial charge in [0.15, 0.2) is 0 Å². The van der Waals surface area contributed by atoms with E-state index < -0.39 is 17.9 Å². The minimum absolute atomic E-state index is 0.0469. The van der Waals surface area contributed by atoms with Crippen molar-refractivity contribution < 1.29 is 28.9 Å². The number of carbonyl (C=O) groups excluding carboxylic acids is 2. The van der Waals surface area contributed by atoms with Crippen molar-refractivity contribution in [2.45, 2.75) is 45.5 Å². The van der Waals surface area contributed by atoms with Crippen LogP contribution in [0, 0.1) is 5.92 Å². The Balaban J connectivity index is 2.22. The molecule has 2 unspecified atom stereocenters. The number of carbonyl (C=O) groups is 1. The van der Waals surface area contributed by atoms with E-state index in [0.717, 1.165) is 6.42 Å². The molecule has 1 saturated heterocycles. The SMILES string of the molecule is COC(=O)c1ccc(OC(OC(C)(C)C)C2CCNC(=C=O)C2)cc1O. The van der Waals surface area contributed by atoms with Crippen LogP contribution in [-0.2, 0) is 14.3 Å². The molecule has 2 rings (SSSR count). The first-order chi connectivity index (χ1) is 12.2. The summed E-state index contributed by atoms with van der Waals surface area (Å²) in [5.41, 5.74) is 0.0895. The first-order valence-electron chi connectivity index (χ1n) is 8.47. The molecule has 0 aromatic heterocycles. The largest absolute Gasteiger partial charge is 0.507 e. The van der Waals surface area contributed by atoms with Gasteiger partial charge in [-0.2, -0.15) is 0 Å². The van der Waals surface area contributed by atoms with Gasteiger partial charge in [0.2, 0.25) is 6.29 Å². The molecule has 0 radical (unpaired) electrons. The highest BCUT2D eigenvalue weighted by Gasteiger charge is 2.32. The number of allylic oxidation sites excluding steroid dienone is 1. The molecule has 1 aliphatic heterocycles. The number of rotatable bonds is 5. The summed E-state index contributed by atoms with van der Waals surface area (Å²) >= 11 is 0. The number of benzene rings is 1. The van der Waals surface area contributed by atoms with Crippen molar-refractivity contribution in [1.82, 2.24) is 5.32 Å². The monoisotopic (exact) mass is 363 g/mol. The van der Waals surface area contributed by atoms with E-state index in [0.29, 0.717) is 24.4 Å².